The second-order valence-corrected chi connectivity index (χ2v) is 6.35. The normalized spacial score (nSPS) is 13.1. The van der Waals surface area contributed by atoms with Gasteiger partial charge in [0.25, 0.3) is 0 Å². The lowest BCUT2D eigenvalue weighted by atomic mass is 10.2. The van der Waals surface area contributed by atoms with Crippen molar-refractivity contribution in [2.45, 2.75) is 13.0 Å². The van der Waals surface area contributed by atoms with Crippen LogP contribution in [0, 0.1) is 0 Å². The van der Waals surface area contributed by atoms with Crippen molar-refractivity contribution in [2.75, 3.05) is 10.6 Å². The highest BCUT2D eigenvalue weighted by molar-refractivity contribution is 7.92. The Morgan fingerprint density at radius 2 is 1.89 bits per heavy atom. The minimum Gasteiger partial charge on any atom is -0.480 e. The number of carbonyl (C=O) groups is 1. The number of nitrogens with zero attached hydrogens (tertiary/aromatic N) is 1. The summed E-state index contributed by atoms with van der Waals surface area (Å²) in [4.78, 5) is 10.9. The van der Waals surface area contributed by atoms with Crippen molar-refractivity contribution in [3.05, 3.63) is 28.2 Å². The van der Waals surface area contributed by atoms with Crippen LogP contribution in [0.15, 0.2) is 18.2 Å². The molecule has 1 unspecified atom stereocenters. The van der Waals surface area contributed by atoms with Crippen molar-refractivity contribution in [3.8, 4) is 0 Å². The van der Waals surface area contributed by atoms with E-state index in [4.69, 9.17) is 28.3 Å². The Morgan fingerprint density at radius 1 is 1.33 bits per heavy atom. The highest BCUT2D eigenvalue weighted by atomic mass is 35.5. The van der Waals surface area contributed by atoms with E-state index in [1.165, 1.54) is 25.1 Å². The predicted molar refractivity (Wildman–Crippen MR) is 70.9 cm³/mol. The molecule has 0 aliphatic rings. The van der Waals surface area contributed by atoms with E-state index in [0.717, 1.165) is 10.6 Å². The molecule has 1 rings (SSSR count). The van der Waals surface area contributed by atoms with E-state index in [0.29, 0.717) is 0 Å². The molecule has 0 spiro atoms. The minimum atomic E-state index is -3.74. The molecule has 0 heterocycles. The van der Waals surface area contributed by atoms with Gasteiger partial charge in [-0.25, -0.2) is 13.2 Å². The van der Waals surface area contributed by atoms with E-state index in [1.54, 1.807) is 0 Å². The maximum absolute atomic E-state index is 11.7. The van der Waals surface area contributed by atoms with Crippen molar-refractivity contribution in [1.29, 1.82) is 0 Å². The van der Waals surface area contributed by atoms with Crippen LogP contribution in [0.3, 0.4) is 0 Å². The van der Waals surface area contributed by atoms with Crippen LogP contribution in [0.25, 0.3) is 0 Å². The highest BCUT2D eigenvalue weighted by Crippen LogP contribution is 2.29. The van der Waals surface area contributed by atoms with Crippen molar-refractivity contribution in [2.24, 2.45) is 0 Å². The average molecular weight is 312 g/mol. The molecule has 0 fully saturated rings. The Labute approximate surface area is 115 Å². The van der Waals surface area contributed by atoms with Crippen LogP contribution in [0.4, 0.5) is 5.69 Å². The monoisotopic (exact) mass is 311 g/mol. The zero-order valence-electron chi connectivity index (χ0n) is 9.59. The fourth-order valence-corrected chi connectivity index (χ4v) is 2.88. The van der Waals surface area contributed by atoms with Gasteiger partial charge in [0.1, 0.15) is 6.04 Å². The summed E-state index contributed by atoms with van der Waals surface area (Å²) in [5.41, 5.74) is 0.154. The van der Waals surface area contributed by atoms with E-state index >= 15 is 0 Å². The van der Waals surface area contributed by atoms with Gasteiger partial charge in [0.2, 0.25) is 10.0 Å². The molecule has 1 N–H and O–H groups in total. The molecule has 0 saturated heterocycles. The van der Waals surface area contributed by atoms with Gasteiger partial charge in [0.15, 0.2) is 0 Å². The molecule has 0 aliphatic heterocycles. The van der Waals surface area contributed by atoms with Crippen LogP contribution >= 0.6 is 23.2 Å². The van der Waals surface area contributed by atoms with Gasteiger partial charge in [0, 0.05) is 0 Å². The third kappa shape index (κ3) is 3.28. The minimum absolute atomic E-state index is 0.153. The van der Waals surface area contributed by atoms with Gasteiger partial charge in [-0.15, -0.1) is 0 Å². The van der Waals surface area contributed by atoms with Crippen molar-refractivity contribution in [1.82, 2.24) is 0 Å². The number of sulfonamides is 1. The highest BCUT2D eigenvalue weighted by Gasteiger charge is 2.29. The van der Waals surface area contributed by atoms with Crippen molar-refractivity contribution < 1.29 is 18.3 Å². The van der Waals surface area contributed by atoms with Gasteiger partial charge in [-0.1, -0.05) is 23.2 Å². The van der Waals surface area contributed by atoms with Gasteiger partial charge >= 0.3 is 5.97 Å². The van der Waals surface area contributed by atoms with E-state index < -0.39 is 22.0 Å². The zero-order chi connectivity index (χ0) is 14.1. The summed E-state index contributed by atoms with van der Waals surface area (Å²) < 4.78 is 24.1. The molecule has 0 amide bonds. The number of rotatable bonds is 4. The molecule has 5 nitrogen and oxygen atoms in total. The predicted octanol–water partition coefficient (Wildman–Crippen LogP) is 2.23. The number of benzene rings is 1. The van der Waals surface area contributed by atoms with Crippen LogP contribution in [0.2, 0.25) is 10.0 Å². The Morgan fingerprint density at radius 3 is 2.28 bits per heavy atom. The molecule has 100 valence electrons. The summed E-state index contributed by atoms with van der Waals surface area (Å²) in [6.07, 6.45) is 0.926. The molecule has 0 aromatic heterocycles. The van der Waals surface area contributed by atoms with Crippen LogP contribution in [0.1, 0.15) is 6.92 Å². The smallest absolute Gasteiger partial charge is 0.327 e. The number of carboxylic acid groups (broad SMARTS) is 1. The molecule has 0 radical (unpaired) electrons. The third-order valence-corrected chi connectivity index (χ3v) is 4.20. The van der Waals surface area contributed by atoms with E-state index in [-0.39, 0.29) is 15.7 Å². The molecule has 0 aliphatic carbocycles. The Bertz CT molecular complexity index is 573. The fraction of sp³-hybridized carbons (Fsp3) is 0.300. The second-order valence-electron chi connectivity index (χ2n) is 3.67. The summed E-state index contributed by atoms with van der Waals surface area (Å²) in [7, 11) is -3.74. The molecule has 1 atom stereocenters. The first kappa shape index (κ1) is 15.1. The second kappa shape index (κ2) is 5.34. The first-order chi connectivity index (χ1) is 8.14. The first-order valence-corrected chi connectivity index (χ1v) is 7.42. The van der Waals surface area contributed by atoms with Crippen LogP contribution < -0.4 is 4.31 Å². The zero-order valence-corrected chi connectivity index (χ0v) is 11.9. The largest absolute Gasteiger partial charge is 0.480 e. The Hall–Kier alpha value is -0.980. The van der Waals surface area contributed by atoms with Gasteiger partial charge in [-0.05, 0) is 25.1 Å². The van der Waals surface area contributed by atoms with Crippen LogP contribution in [0.5, 0.6) is 0 Å². The molecule has 0 saturated carbocycles. The van der Waals surface area contributed by atoms with Crippen LogP contribution in [-0.2, 0) is 14.8 Å². The number of hydrogen-bond donors (Lipinski definition) is 1. The molecule has 8 heteroatoms. The topological polar surface area (TPSA) is 74.7 Å². The fourth-order valence-electron chi connectivity index (χ4n) is 1.42. The summed E-state index contributed by atoms with van der Waals surface area (Å²) in [6, 6.07) is 2.88. The Balaban J connectivity index is 3.36. The lowest BCUT2D eigenvalue weighted by Crippen LogP contribution is -2.42. The number of halogens is 2. The first-order valence-electron chi connectivity index (χ1n) is 4.82. The number of aliphatic carboxylic acids is 1. The van der Waals surface area contributed by atoms with Gasteiger partial charge in [0.05, 0.1) is 22.0 Å². The molecular weight excluding hydrogens is 301 g/mol. The summed E-state index contributed by atoms with van der Waals surface area (Å²) in [6.45, 7) is 1.27. The summed E-state index contributed by atoms with van der Waals surface area (Å²) in [5, 5.41) is 9.35. The third-order valence-electron chi connectivity index (χ3n) is 2.22. The Kier molecular flexibility index (Phi) is 4.47. The van der Waals surface area contributed by atoms with E-state index in [2.05, 4.69) is 0 Å². The quantitative estimate of drug-likeness (QED) is 0.925. The van der Waals surface area contributed by atoms with Gasteiger partial charge in [-0.2, -0.15) is 0 Å². The molecule has 1 aromatic carbocycles. The standard InChI is InChI=1S/C10H11Cl2NO4S/c1-6(10(14)15)13(18(2,16)17)7-3-4-8(11)9(12)5-7/h3-6H,1-2H3,(H,14,15). The van der Waals surface area contributed by atoms with E-state index in [9.17, 15) is 13.2 Å². The number of carboxylic acids is 1. The van der Waals surface area contributed by atoms with Gasteiger partial charge in [-0.3, -0.25) is 4.31 Å². The number of hydrogen-bond acceptors (Lipinski definition) is 3. The van der Waals surface area contributed by atoms with Crippen molar-refractivity contribution >= 4 is 44.9 Å². The number of anilines is 1. The van der Waals surface area contributed by atoms with Crippen molar-refractivity contribution in [3.63, 3.8) is 0 Å². The average Bonchev–Trinajstić information content (AvgIpc) is 2.21. The maximum atomic E-state index is 11.7. The molecule has 18 heavy (non-hydrogen) atoms. The van der Waals surface area contributed by atoms with E-state index in [1.807, 2.05) is 0 Å². The lowest BCUT2D eigenvalue weighted by molar-refractivity contribution is -0.137. The maximum Gasteiger partial charge on any atom is 0.327 e. The lowest BCUT2D eigenvalue weighted by Gasteiger charge is -2.26. The summed E-state index contributed by atoms with van der Waals surface area (Å²) in [5.74, 6) is -1.26. The summed E-state index contributed by atoms with van der Waals surface area (Å²) >= 11 is 11.5. The molecule has 1 aromatic rings. The molecular formula is C10H11Cl2NO4S. The van der Waals surface area contributed by atoms with Gasteiger partial charge < -0.3 is 5.11 Å². The van der Waals surface area contributed by atoms with Crippen LogP contribution in [-0.4, -0.2) is 31.8 Å². The molecule has 0 bridgehead atoms. The SMILES string of the molecule is CC(C(=O)O)N(c1ccc(Cl)c(Cl)c1)S(C)(=O)=O.